The number of alkyl halides is 2. The van der Waals surface area contributed by atoms with Crippen LogP contribution < -0.4 is 10.6 Å². The van der Waals surface area contributed by atoms with Crippen LogP contribution in [0.25, 0.3) is 0 Å². The van der Waals surface area contributed by atoms with Crippen LogP contribution in [0.5, 0.6) is 0 Å². The Morgan fingerprint density at radius 2 is 2.12 bits per heavy atom. The summed E-state index contributed by atoms with van der Waals surface area (Å²) in [4.78, 5) is 11.6. The minimum Gasteiger partial charge on any atom is -0.350 e. The van der Waals surface area contributed by atoms with E-state index in [-0.39, 0.29) is 30.3 Å². The fourth-order valence-corrected chi connectivity index (χ4v) is 2.03. The number of hydrogen-bond acceptors (Lipinski definition) is 2. The maximum Gasteiger partial charge on any atom is 0.255 e. The van der Waals surface area contributed by atoms with Crippen molar-refractivity contribution in [1.82, 2.24) is 10.6 Å². The van der Waals surface area contributed by atoms with Crippen LogP contribution in [-0.2, 0) is 4.79 Å². The molecule has 2 unspecified atom stereocenters. The summed E-state index contributed by atoms with van der Waals surface area (Å²) in [5.41, 5.74) is 0. The van der Waals surface area contributed by atoms with Crippen LogP contribution >= 0.6 is 12.4 Å². The molecule has 0 aromatic heterocycles. The van der Waals surface area contributed by atoms with Crippen molar-refractivity contribution in [3.8, 4) is 0 Å². The molecular weight excluding hydrogens is 238 g/mol. The molecule has 16 heavy (non-hydrogen) atoms. The van der Waals surface area contributed by atoms with Gasteiger partial charge in [0.05, 0.1) is 12.5 Å². The molecular formula is C10H19ClF2N2O. The summed E-state index contributed by atoms with van der Waals surface area (Å²) in [5.74, 6) is -0.0717. The first-order valence-corrected chi connectivity index (χ1v) is 5.31. The average molecular weight is 257 g/mol. The third-order valence-electron chi connectivity index (χ3n) is 2.75. The molecule has 2 N–H and O–H groups in total. The van der Waals surface area contributed by atoms with Gasteiger partial charge in [-0.2, -0.15) is 0 Å². The summed E-state index contributed by atoms with van der Waals surface area (Å²) < 4.78 is 23.8. The van der Waals surface area contributed by atoms with Gasteiger partial charge in [-0.15, -0.1) is 12.4 Å². The summed E-state index contributed by atoms with van der Waals surface area (Å²) in [6.45, 7) is 4.29. The number of amides is 1. The van der Waals surface area contributed by atoms with Crippen LogP contribution in [0.4, 0.5) is 8.78 Å². The number of halogens is 3. The van der Waals surface area contributed by atoms with Gasteiger partial charge in [-0.05, 0) is 18.9 Å². The summed E-state index contributed by atoms with van der Waals surface area (Å²) in [6, 6.07) is 0.114. The molecule has 0 saturated carbocycles. The Bertz CT molecular complexity index is 227. The molecule has 0 radical (unpaired) electrons. The van der Waals surface area contributed by atoms with Gasteiger partial charge in [-0.1, -0.05) is 13.8 Å². The smallest absolute Gasteiger partial charge is 0.255 e. The summed E-state index contributed by atoms with van der Waals surface area (Å²) >= 11 is 0. The first-order chi connectivity index (χ1) is 7.02. The van der Waals surface area contributed by atoms with Gasteiger partial charge in [0, 0.05) is 6.04 Å². The Balaban J connectivity index is 0.00000225. The molecule has 1 heterocycles. The summed E-state index contributed by atoms with van der Waals surface area (Å²) in [7, 11) is 0. The minimum absolute atomic E-state index is 0. The lowest BCUT2D eigenvalue weighted by Crippen LogP contribution is -2.42. The van der Waals surface area contributed by atoms with E-state index in [1.807, 2.05) is 13.8 Å². The van der Waals surface area contributed by atoms with Gasteiger partial charge in [-0.3, -0.25) is 4.79 Å². The van der Waals surface area contributed by atoms with E-state index in [0.29, 0.717) is 5.92 Å². The van der Waals surface area contributed by atoms with Gasteiger partial charge >= 0.3 is 0 Å². The van der Waals surface area contributed by atoms with Gasteiger partial charge in [0.2, 0.25) is 5.91 Å². The second-order valence-electron chi connectivity index (χ2n) is 4.26. The molecule has 0 bridgehead atoms. The molecule has 1 saturated heterocycles. The quantitative estimate of drug-likeness (QED) is 0.799. The fraction of sp³-hybridized carbons (Fsp3) is 0.900. The normalized spacial score (nSPS) is 24.6. The monoisotopic (exact) mass is 256 g/mol. The van der Waals surface area contributed by atoms with Crippen LogP contribution in [0.2, 0.25) is 0 Å². The summed E-state index contributed by atoms with van der Waals surface area (Å²) in [6.07, 6.45) is -1.74. The maximum atomic E-state index is 11.9. The van der Waals surface area contributed by atoms with E-state index in [1.165, 1.54) is 0 Å². The lowest BCUT2D eigenvalue weighted by Gasteiger charge is -2.22. The Morgan fingerprint density at radius 1 is 1.50 bits per heavy atom. The fourth-order valence-electron chi connectivity index (χ4n) is 2.03. The molecule has 1 aliphatic rings. The maximum absolute atomic E-state index is 11.9. The number of hydrogen-bond donors (Lipinski definition) is 2. The third-order valence-corrected chi connectivity index (χ3v) is 2.75. The Labute approximate surface area is 101 Å². The number of carbonyl (C=O) groups is 1. The summed E-state index contributed by atoms with van der Waals surface area (Å²) in [5, 5.41) is 5.51. The Morgan fingerprint density at radius 3 is 2.62 bits per heavy atom. The molecule has 96 valence electrons. The lowest BCUT2D eigenvalue weighted by molar-refractivity contribution is -0.126. The molecule has 1 rings (SSSR count). The van der Waals surface area contributed by atoms with Crippen molar-refractivity contribution in [3.05, 3.63) is 0 Å². The molecule has 0 aromatic carbocycles. The molecule has 1 amide bonds. The highest BCUT2D eigenvalue weighted by atomic mass is 35.5. The zero-order chi connectivity index (χ0) is 11.4. The predicted octanol–water partition coefficient (Wildman–Crippen LogP) is 1.42. The van der Waals surface area contributed by atoms with Gasteiger partial charge in [0.15, 0.2) is 0 Å². The Hall–Kier alpha value is -0.420. The molecule has 0 spiro atoms. The van der Waals surface area contributed by atoms with Crippen LogP contribution in [0.1, 0.15) is 20.3 Å². The second kappa shape index (κ2) is 7.01. The van der Waals surface area contributed by atoms with Crippen molar-refractivity contribution in [3.63, 3.8) is 0 Å². The molecule has 2 atom stereocenters. The first kappa shape index (κ1) is 15.6. The highest BCUT2D eigenvalue weighted by Crippen LogP contribution is 2.21. The zero-order valence-corrected chi connectivity index (χ0v) is 10.3. The van der Waals surface area contributed by atoms with E-state index in [4.69, 9.17) is 0 Å². The SMILES string of the molecule is CC(C)C1NCCC1C(=O)NCC(F)F.Cl. The van der Waals surface area contributed by atoms with E-state index in [0.717, 1.165) is 13.0 Å². The Kier molecular flexibility index (Phi) is 6.83. The first-order valence-electron chi connectivity index (χ1n) is 5.31. The van der Waals surface area contributed by atoms with Crippen LogP contribution in [0.15, 0.2) is 0 Å². The van der Waals surface area contributed by atoms with Crippen molar-refractivity contribution in [2.24, 2.45) is 11.8 Å². The van der Waals surface area contributed by atoms with Gasteiger partial charge < -0.3 is 10.6 Å². The highest BCUT2D eigenvalue weighted by Gasteiger charge is 2.34. The molecule has 0 aromatic rings. The number of rotatable bonds is 4. The number of nitrogens with one attached hydrogen (secondary N) is 2. The van der Waals surface area contributed by atoms with Crippen molar-refractivity contribution in [2.75, 3.05) is 13.1 Å². The van der Waals surface area contributed by atoms with Crippen molar-refractivity contribution < 1.29 is 13.6 Å². The van der Waals surface area contributed by atoms with Crippen LogP contribution in [0.3, 0.4) is 0 Å². The topological polar surface area (TPSA) is 41.1 Å². The van der Waals surface area contributed by atoms with Crippen molar-refractivity contribution in [2.45, 2.75) is 32.7 Å². The molecule has 3 nitrogen and oxygen atoms in total. The van der Waals surface area contributed by atoms with E-state index in [1.54, 1.807) is 0 Å². The van der Waals surface area contributed by atoms with Gasteiger partial charge in [0.25, 0.3) is 6.43 Å². The van der Waals surface area contributed by atoms with E-state index >= 15 is 0 Å². The van der Waals surface area contributed by atoms with Gasteiger partial charge in [0.1, 0.15) is 0 Å². The molecule has 1 aliphatic heterocycles. The zero-order valence-electron chi connectivity index (χ0n) is 9.50. The molecule has 1 fully saturated rings. The lowest BCUT2D eigenvalue weighted by atomic mass is 9.91. The minimum atomic E-state index is -2.47. The third kappa shape index (κ3) is 4.22. The van der Waals surface area contributed by atoms with E-state index < -0.39 is 13.0 Å². The predicted molar refractivity (Wildman–Crippen MR) is 61.0 cm³/mol. The van der Waals surface area contributed by atoms with E-state index in [2.05, 4.69) is 10.6 Å². The highest BCUT2D eigenvalue weighted by molar-refractivity contribution is 5.85. The standard InChI is InChI=1S/C10H18F2N2O.ClH/c1-6(2)9-7(3-4-13-9)10(15)14-5-8(11)12;/h6-9,13H,3-5H2,1-2H3,(H,14,15);1H. The number of carbonyl (C=O) groups excluding carboxylic acids is 1. The molecule has 6 heteroatoms. The second-order valence-corrected chi connectivity index (χ2v) is 4.26. The molecule has 0 aliphatic carbocycles. The van der Waals surface area contributed by atoms with E-state index in [9.17, 15) is 13.6 Å². The van der Waals surface area contributed by atoms with Crippen LogP contribution in [-0.4, -0.2) is 31.5 Å². The largest absolute Gasteiger partial charge is 0.350 e. The average Bonchev–Trinajstić information content (AvgIpc) is 2.62. The van der Waals surface area contributed by atoms with Crippen molar-refractivity contribution >= 4 is 18.3 Å². The van der Waals surface area contributed by atoms with Crippen molar-refractivity contribution in [1.29, 1.82) is 0 Å². The van der Waals surface area contributed by atoms with Gasteiger partial charge in [-0.25, -0.2) is 8.78 Å². The van der Waals surface area contributed by atoms with Crippen LogP contribution in [0, 0.1) is 11.8 Å².